The minimum Gasteiger partial charge on any atom is -0.480 e. The minimum atomic E-state index is -0.940. The molecule has 21 heavy (non-hydrogen) atoms. The van der Waals surface area contributed by atoms with Crippen molar-refractivity contribution in [1.29, 1.82) is 0 Å². The number of amides is 1. The highest BCUT2D eigenvalue weighted by Gasteiger charge is 2.35. The van der Waals surface area contributed by atoms with Gasteiger partial charge in [-0.15, -0.1) is 0 Å². The molecule has 0 aliphatic carbocycles. The quantitative estimate of drug-likeness (QED) is 0.917. The zero-order valence-corrected chi connectivity index (χ0v) is 11.8. The van der Waals surface area contributed by atoms with Crippen LogP contribution in [0.2, 0.25) is 0 Å². The SMILES string of the molecule is O=C(O)C1Cc2ccccc2CN1C(=O)CC1CCCO1. The summed E-state index contributed by atoms with van der Waals surface area (Å²) in [5, 5.41) is 9.42. The van der Waals surface area contributed by atoms with E-state index >= 15 is 0 Å². The number of benzene rings is 1. The number of carbonyl (C=O) groups excluding carboxylic acids is 1. The Morgan fingerprint density at radius 3 is 2.71 bits per heavy atom. The highest BCUT2D eigenvalue weighted by atomic mass is 16.5. The summed E-state index contributed by atoms with van der Waals surface area (Å²) < 4.78 is 5.48. The first-order chi connectivity index (χ1) is 10.1. The average molecular weight is 289 g/mol. The maximum Gasteiger partial charge on any atom is 0.326 e. The fourth-order valence-electron chi connectivity index (χ4n) is 3.12. The van der Waals surface area contributed by atoms with E-state index in [9.17, 15) is 14.7 Å². The van der Waals surface area contributed by atoms with Crippen molar-refractivity contribution in [2.24, 2.45) is 0 Å². The lowest BCUT2D eigenvalue weighted by molar-refractivity contribution is -0.152. The molecule has 2 aliphatic rings. The smallest absolute Gasteiger partial charge is 0.326 e. The summed E-state index contributed by atoms with van der Waals surface area (Å²) in [5.74, 6) is -1.06. The number of carboxylic acids is 1. The van der Waals surface area contributed by atoms with E-state index in [4.69, 9.17) is 4.74 Å². The molecule has 0 saturated carbocycles. The lowest BCUT2D eigenvalue weighted by Crippen LogP contribution is -2.49. The van der Waals surface area contributed by atoms with Gasteiger partial charge in [-0.2, -0.15) is 0 Å². The average Bonchev–Trinajstić information content (AvgIpc) is 2.98. The summed E-state index contributed by atoms with van der Waals surface area (Å²) >= 11 is 0. The number of nitrogens with zero attached hydrogens (tertiary/aromatic N) is 1. The number of aliphatic carboxylic acids is 1. The third-order valence-electron chi connectivity index (χ3n) is 4.28. The molecule has 1 saturated heterocycles. The van der Waals surface area contributed by atoms with Crippen LogP contribution >= 0.6 is 0 Å². The molecular weight excluding hydrogens is 270 g/mol. The van der Waals surface area contributed by atoms with Crippen molar-refractivity contribution < 1.29 is 19.4 Å². The number of fused-ring (bicyclic) bond motifs is 1. The first-order valence-corrected chi connectivity index (χ1v) is 7.36. The summed E-state index contributed by atoms with van der Waals surface area (Å²) in [6.07, 6.45) is 2.47. The van der Waals surface area contributed by atoms with Gasteiger partial charge in [0.15, 0.2) is 0 Å². The van der Waals surface area contributed by atoms with E-state index in [1.54, 1.807) is 0 Å². The molecule has 2 aliphatic heterocycles. The molecule has 1 N–H and O–H groups in total. The summed E-state index contributed by atoms with van der Waals surface area (Å²) in [7, 11) is 0. The van der Waals surface area contributed by atoms with Crippen molar-refractivity contribution in [2.75, 3.05) is 6.61 Å². The summed E-state index contributed by atoms with van der Waals surface area (Å²) in [5.41, 5.74) is 2.06. The second-order valence-electron chi connectivity index (χ2n) is 5.69. The summed E-state index contributed by atoms with van der Waals surface area (Å²) in [6, 6.07) is 6.95. The van der Waals surface area contributed by atoms with Crippen LogP contribution in [0.3, 0.4) is 0 Å². The second-order valence-corrected chi connectivity index (χ2v) is 5.69. The number of carbonyl (C=O) groups is 2. The fraction of sp³-hybridized carbons (Fsp3) is 0.500. The van der Waals surface area contributed by atoms with Gasteiger partial charge in [0.2, 0.25) is 5.91 Å². The van der Waals surface area contributed by atoms with Gasteiger partial charge in [0.25, 0.3) is 0 Å². The molecule has 2 unspecified atom stereocenters. The normalized spacial score (nSPS) is 24.7. The second kappa shape index (κ2) is 5.85. The monoisotopic (exact) mass is 289 g/mol. The van der Waals surface area contributed by atoms with Crippen molar-refractivity contribution in [3.8, 4) is 0 Å². The molecule has 0 aromatic heterocycles. The molecular formula is C16H19NO4. The maximum atomic E-state index is 12.5. The Morgan fingerprint density at radius 1 is 1.29 bits per heavy atom. The standard InChI is InChI=1S/C16H19NO4/c18-15(9-13-6-3-7-21-13)17-10-12-5-2-1-4-11(12)8-14(17)16(19)20/h1-2,4-5,13-14H,3,6-10H2,(H,19,20). The zero-order chi connectivity index (χ0) is 14.8. The van der Waals surface area contributed by atoms with Gasteiger partial charge < -0.3 is 14.7 Å². The van der Waals surface area contributed by atoms with E-state index in [0.717, 1.165) is 24.0 Å². The lowest BCUT2D eigenvalue weighted by atomic mass is 9.93. The molecule has 5 nitrogen and oxygen atoms in total. The van der Waals surface area contributed by atoms with Crippen molar-refractivity contribution in [3.05, 3.63) is 35.4 Å². The van der Waals surface area contributed by atoms with E-state index < -0.39 is 12.0 Å². The van der Waals surface area contributed by atoms with E-state index in [1.165, 1.54) is 4.90 Å². The van der Waals surface area contributed by atoms with Crippen LogP contribution in [0.1, 0.15) is 30.4 Å². The van der Waals surface area contributed by atoms with Crippen LogP contribution in [0.4, 0.5) is 0 Å². The van der Waals surface area contributed by atoms with E-state index in [-0.39, 0.29) is 18.4 Å². The van der Waals surface area contributed by atoms with Gasteiger partial charge in [-0.25, -0.2) is 4.79 Å². The third-order valence-corrected chi connectivity index (χ3v) is 4.28. The molecule has 112 valence electrons. The van der Waals surface area contributed by atoms with Crippen molar-refractivity contribution in [1.82, 2.24) is 4.90 Å². The molecule has 2 heterocycles. The number of hydrogen-bond acceptors (Lipinski definition) is 3. The van der Waals surface area contributed by atoms with Crippen LogP contribution in [0, 0.1) is 0 Å². The van der Waals surface area contributed by atoms with Crippen molar-refractivity contribution >= 4 is 11.9 Å². The van der Waals surface area contributed by atoms with Gasteiger partial charge in [-0.1, -0.05) is 24.3 Å². The largest absolute Gasteiger partial charge is 0.480 e. The topological polar surface area (TPSA) is 66.8 Å². The fourth-order valence-corrected chi connectivity index (χ4v) is 3.12. The molecule has 2 atom stereocenters. The van der Waals surface area contributed by atoms with Crippen LogP contribution in [0.5, 0.6) is 0 Å². The third kappa shape index (κ3) is 2.93. The number of hydrogen-bond donors (Lipinski definition) is 1. The Bertz CT molecular complexity index is 551. The number of ether oxygens (including phenoxy) is 1. The minimum absolute atomic E-state index is 0.0517. The van der Waals surface area contributed by atoms with Gasteiger partial charge >= 0.3 is 5.97 Å². The molecule has 0 spiro atoms. The first-order valence-electron chi connectivity index (χ1n) is 7.36. The van der Waals surface area contributed by atoms with Crippen molar-refractivity contribution in [3.63, 3.8) is 0 Å². The molecule has 3 rings (SSSR count). The molecule has 0 bridgehead atoms. The van der Waals surface area contributed by atoms with E-state index in [2.05, 4.69) is 0 Å². The molecule has 1 fully saturated rings. The molecule has 1 amide bonds. The predicted molar refractivity (Wildman–Crippen MR) is 75.7 cm³/mol. The Balaban J connectivity index is 1.78. The van der Waals surface area contributed by atoms with Gasteiger partial charge in [-0.3, -0.25) is 4.79 Å². The first kappa shape index (κ1) is 14.1. The Morgan fingerprint density at radius 2 is 2.05 bits per heavy atom. The lowest BCUT2D eigenvalue weighted by Gasteiger charge is -2.35. The Kier molecular flexibility index (Phi) is 3.92. The van der Waals surface area contributed by atoms with Crippen LogP contribution in [-0.2, 0) is 27.3 Å². The van der Waals surface area contributed by atoms with Crippen LogP contribution in [0.25, 0.3) is 0 Å². The van der Waals surface area contributed by atoms with E-state index in [0.29, 0.717) is 19.6 Å². The Labute approximate surface area is 123 Å². The van der Waals surface area contributed by atoms with Gasteiger partial charge in [0.05, 0.1) is 12.5 Å². The van der Waals surface area contributed by atoms with E-state index in [1.807, 2.05) is 24.3 Å². The number of rotatable bonds is 3. The number of carboxylic acid groups (broad SMARTS) is 1. The highest BCUT2D eigenvalue weighted by molar-refractivity contribution is 5.84. The molecule has 1 aromatic rings. The van der Waals surface area contributed by atoms with Gasteiger partial charge in [-0.05, 0) is 24.0 Å². The van der Waals surface area contributed by atoms with Crippen LogP contribution in [0.15, 0.2) is 24.3 Å². The zero-order valence-electron chi connectivity index (χ0n) is 11.8. The molecule has 1 aromatic carbocycles. The van der Waals surface area contributed by atoms with Gasteiger partial charge in [0.1, 0.15) is 6.04 Å². The van der Waals surface area contributed by atoms with Gasteiger partial charge in [0, 0.05) is 19.6 Å². The maximum absolute atomic E-state index is 12.5. The molecule has 5 heteroatoms. The van der Waals surface area contributed by atoms with Crippen molar-refractivity contribution in [2.45, 2.75) is 44.4 Å². The molecule has 0 radical (unpaired) electrons. The van der Waals surface area contributed by atoms with Crippen LogP contribution in [-0.4, -0.2) is 40.6 Å². The van der Waals surface area contributed by atoms with Crippen LogP contribution < -0.4 is 0 Å². The highest BCUT2D eigenvalue weighted by Crippen LogP contribution is 2.25. The summed E-state index contributed by atoms with van der Waals surface area (Å²) in [6.45, 7) is 1.07. The summed E-state index contributed by atoms with van der Waals surface area (Å²) in [4.78, 5) is 25.4. The predicted octanol–water partition coefficient (Wildman–Crippen LogP) is 1.59. The Hall–Kier alpha value is -1.88.